The van der Waals surface area contributed by atoms with Crippen LogP contribution in [0.3, 0.4) is 0 Å². The van der Waals surface area contributed by atoms with Crippen molar-refractivity contribution in [1.82, 2.24) is 0 Å². The molecule has 0 heterocycles. The minimum Gasteiger partial charge on any atom is -0.100 e. The Morgan fingerprint density at radius 1 is 1.18 bits per heavy atom. The van der Waals surface area contributed by atoms with Crippen LogP contribution >= 0.6 is 23.2 Å². The molecule has 0 aliphatic heterocycles. The van der Waals surface area contributed by atoms with Crippen molar-refractivity contribution in [1.29, 1.82) is 0 Å². The van der Waals surface area contributed by atoms with Gasteiger partial charge in [-0.25, -0.2) is 0 Å². The van der Waals surface area contributed by atoms with E-state index in [1.807, 2.05) is 26.0 Å². The summed E-state index contributed by atoms with van der Waals surface area (Å²) in [5, 5.41) is 0. The number of hydrogen-bond donors (Lipinski definition) is 0. The largest absolute Gasteiger partial charge is 0.133 e. The van der Waals surface area contributed by atoms with Gasteiger partial charge in [-0.2, -0.15) is 0 Å². The smallest absolute Gasteiger partial charge is 0.100 e. The van der Waals surface area contributed by atoms with Gasteiger partial charge in [0.2, 0.25) is 0 Å². The Hall–Kier alpha value is -0.200. The molecule has 0 fully saturated rings. The van der Waals surface area contributed by atoms with E-state index in [9.17, 15) is 0 Å². The zero-order valence-electron chi connectivity index (χ0n) is 6.57. The summed E-state index contributed by atoms with van der Waals surface area (Å²) in [5.41, 5.74) is 3.34. The first-order valence-electron chi connectivity index (χ1n) is 3.46. The Labute approximate surface area is 77.1 Å². The molecule has 0 spiro atoms. The summed E-state index contributed by atoms with van der Waals surface area (Å²) >= 11 is 11.5. The van der Waals surface area contributed by atoms with Crippen LogP contribution in [0.4, 0.5) is 0 Å². The van der Waals surface area contributed by atoms with Gasteiger partial charge in [-0.1, -0.05) is 23.8 Å². The summed E-state index contributed by atoms with van der Waals surface area (Å²) < 4.78 is 0. The number of aryl methyl sites for hydroxylation is 2. The molecule has 0 radical (unpaired) electrons. The molecular weight excluding hydrogens is 179 g/mol. The number of benzene rings is 1. The van der Waals surface area contributed by atoms with Crippen molar-refractivity contribution in [3.8, 4) is 0 Å². The standard InChI is InChI=1S/C9H10Cl2/c1-6-3-4-7(2)8(5-6)9(10)11/h3-5,9H,1-2H3. The normalized spacial score (nSPS) is 10.6. The highest BCUT2D eigenvalue weighted by atomic mass is 35.5. The van der Waals surface area contributed by atoms with Gasteiger partial charge in [0.15, 0.2) is 0 Å². The van der Waals surface area contributed by atoms with Gasteiger partial charge < -0.3 is 0 Å². The van der Waals surface area contributed by atoms with Crippen LogP contribution in [-0.2, 0) is 0 Å². The van der Waals surface area contributed by atoms with Gasteiger partial charge >= 0.3 is 0 Å². The van der Waals surface area contributed by atoms with E-state index in [4.69, 9.17) is 23.2 Å². The fraction of sp³-hybridized carbons (Fsp3) is 0.333. The van der Waals surface area contributed by atoms with Crippen molar-refractivity contribution in [3.05, 3.63) is 34.9 Å². The average Bonchev–Trinajstić information content (AvgIpc) is 1.94. The van der Waals surface area contributed by atoms with Crippen molar-refractivity contribution in [2.75, 3.05) is 0 Å². The van der Waals surface area contributed by atoms with Gasteiger partial charge in [-0.05, 0) is 25.0 Å². The molecule has 0 N–H and O–H groups in total. The molecule has 1 aromatic carbocycles. The molecule has 0 nitrogen and oxygen atoms in total. The number of rotatable bonds is 1. The average molecular weight is 189 g/mol. The molecule has 0 aromatic heterocycles. The van der Waals surface area contributed by atoms with Crippen molar-refractivity contribution in [3.63, 3.8) is 0 Å². The highest BCUT2D eigenvalue weighted by Gasteiger charge is 2.05. The van der Waals surface area contributed by atoms with Crippen LogP contribution in [0, 0.1) is 13.8 Å². The Bertz CT molecular complexity index is 254. The molecular formula is C9H10Cl2. The Morgan fingerprint density at radius 3 is 2.27 bits per heavy atom. The highest BCUT2D eigenvalue weighted by molar-refractivity contribution is 6.44. The minimum atomic E-state index is -0.408. The maximum absolute atomic E-state index is 5.75. The summed E-state index contributed by atoms with van der Waals surface area (Å²) in [7, 11) is 0. The third kappa shape index (κ3) is 2.11. The Balaban J connectivity index is 3.13. The van der Waals surface area contributed by atoms with Gasteiger partial charge in [0.25, 0.3) is 0 Å². The van der Waals surface area contributed by atoms with Gasteiger partial charge in [-0.3, -0.25) is 0 Å². The molecule has 0 aliphatic carbocycles. The van der Waals surface area contributed by atoms with Crippen LogP contribution in [0.2, 0.25) is 0 Å². The summed E-state index contributed by atoms with van der Waals surface area (Å²) in [6.07, 6.45) is 0. The monoisotopic (exact) mass is 188 g/mol. The van der Waals surface area contributed by atoms with E-state index in [1.54, 1.807) is 0 Å². The van der Waals surface area contributed by atoms with E-state index in [2.05, 4.69) is 6.07 Å². The predicted molar refractivity (Wildman–Crippen MR) is 50.4 cm³/mol. The predicted octanol–water partition coefficient (Wildman–Crippen LogP) is 3.78. The molecule has 2 heteroatoms. The molecule has 0 saturated heterocycles. The van der Waals surface area contributed by atoms with Crippen molar-refractivity contribution >= 4 is 23.2 Å². The number of halogens is 2. The second kappa shape index (κ2) is 3.46. The summed E-state index contributed by atoms with van der Waals surface area (Å²) in [6, 6.07) is 6.09. The van der Waals surface area contributed by atoms with Gasteiger partial charge in [0.1, 0.15) is 4.84 Å². The topological polar surface area (TPSA) is 0 Å². The molecule has 11 heavy (non-hydrogen) atoms. The highest BCUT2D eigenvalue weighted by Crippen LogP contribution is 2.27. The Morgan fingerprint density at radius 2 is 1.82 bits per heavy atom. The molecule has 0 aliphatic rings. The van der Waals surface area contributed by atoms with Crippen LogP contribution in [0.5, 0.6) is 0 Å². The summed E-state index contributed by atoms with van der Waals surface area (Å²) in [5.74, 6) is 0. The van der Waals surface area contributed by atoms with Crippen LogP contribution in [0.15, 0.2) is 18.2 Å². The van der Waals surface area contributed by atoms with Crippen LogP contribution in [0.1, 0.15) is 21.5 Å². The van der Waals surface area contributed by atoms with Gasteiger partial charge in [0, 0.05) is 0 Å². The van der Waals surface area contributed by atoms with Crippen molar-refractivity contribution < 1.29 is 0 Å². The van der Waals surface area contributed by atoms with Gasteiger partial charge in [-0.15, -0.1) is 23.2 Å². The van der Waals surface area contributed by atoms with E-state index < -0.39 is 4.84 Å². The molecule has 0 saturated carbocycles. The number of alkyl halides is 2. The quantitative estimate of drug-likeness (QED) is 0.589. The Kier molecular flexibility index (Phi) is 2.80. The first kappa shape index (κ1) is 8.89. The molecule has 0 amide bonds. The summed E-state index contributed by atoms with van der Waals surface area (Å²) in [6.45, 7) is 4.03. The molecule has 1 aromatic rings. The lowest BCUT2D eigenvalue weighted by molar-refractivity contribution is 1.24. The first-order chi connectivity index (χ1) is 5.11. The van der Waals surface area contributed by atoms with Crippen LogP contribution in [-0.4, -0.2) is 0 Å². The maximum Gasteiger partial charge on any atom is 0.133 e. The first-order valence-corrected chi connectivity index (χ1v) is 4.34. The zero-order valence-corrected chi connectivity index (χ0v) is 8.08. The van der Waals surface area contributed by atoms with Crippen molar-refractivity contribution in [2.45, 2.75) is 18.7 Å². The van der Waals surface area contributed by atoms with Crippen molar-refractivity contribution in [2.24, 2.45) is 0 Å². The van der Waals surface area contributed by atoms with Crippen LogP contribution in [0.25, 0.3) is 0 Å². The lowest BCUT2D eigenvalue weighted by Crippen LogP contribution is -1.87. The fourth-order valence-electron chi connectivity index (χ4n) is 0.995. The molecule has 60 valence electrons. The lowest BCUT2D eigenvalue weighted by Gasteiger charge is -2.06. The second-order valence-corrected chi connectivity index (χ2v) is 3.76. The molecule has 1 rings (SSSR count). The molecule has 0 bridgehead atoms. The molecule has 0 unspecified atom stereocenters. The SMILES string of the molecule is Cc1ccc(C)c(C(Cl)Cl)c1. The zero-order chi connectivity index (χ0) is 8.43. The maximum atomic E-state index is 5.75. The fourth-order valence-corrected chi connectivity index (χ4v) is 1.47. The van der Waals surface area contributed by atoms with Gasteiger partial charge in [0.05, 0.1) is 0 Å². The van der Waals surface area contributed by atoms with E-state index in [0.717, 1.165) is 11.1 Å². The lowest BCUT2D eigenvalue weighted by atomic mass is 10.1. The number of hydrogen-bond acceptors (Lipinski definition) is 0. The van der Waals surface area contributed by atoms with E-state index in [1.165, 1.54) is 5.56 Å². The van der Waals surface area contributed by atoms with E-state index in [-0.39, 0.29) is 0 Å². The van der Waals surface area contributed by atoms with Crippen LogP contribution < -0.4 is 0 Å². The third-order valence-corrected chi connectivity index (χ3v) is 2.14. The third-order valence-electron chi connectivity index (χ3n) is 1.67. The minimum absolute atomic E-state index is 0.408. The van der Waals surface area contributed by atoms with E-state index >= 15 is 0 Å². The summed E-state index contributed by atoms with van der Waals surface area (Å²) in [4.78, 5) is -0.408. The van der Waals surface area contributed by atoms with E-state index in [0.29, 0.717) is 0 Å². The molecule has 0 atom stereocenters. The second-order valence-electron chi connectivity index (χ2n) is 2.66.